The average molecular weight is 317 g/mol. The third-order valence-electron chi connectivity index (χ3n) is 2.47. The second-order valence-electron chi connectivity index (χ2n) is 3.62. The van der Waals surface area contributed by atoms with E-state index < -0.39 is 5.97 Å². The molecule has 0 bridgehead atoms. The van der Waals surface area contributed by atoms with Crippen molar-refractivity contribution in [3.05, 3.63) is 51.1 Å². The van der Waals surface area contributed by atoms with Crippen LogP contribution in [-0.2, 0) is 4.74 Å². The molecule has 19 heavy (non-hydrogen) atoms. The van der Waals surface area contributed by atoms with Crippen molar-refractivity contribution in [3.8, 4) is 11.3 Å². The van der Waals surface area contributed by atoms with Gasteiger partial charge in [0.25, 0.3) is 0 Å². The monoisotopic (exact) mass is 315 g/mol. The average Bonchev–Trinajstić information content (AvgIpc) is 2.41. The highest BCUT2D eigenvalue weighted by Gasteiger charge is 2.18. The van der Waals surface area contributed by atoms with Crippen molar-refractivity contribution in [2.24, 2.45) is 0 Å². The van der Waals surface area contributed by atoms with Crippen LogP contribution in [0.4, 0.5) is 0 Å². The zero-order valence-corrected chi connectivity index (χ0v) is 12.1. The maximum absolute atomic E-state index is 11.7. The van der Waals surface area contributed by atoms with E-state index >= 15 is 0 Å². The van der Waals surface area contributed by atoms with Crippen molar-refractivity contribution < 1.29 is 9.53 Å². The minimum Gasteiger partial charge on any atom is -0.465 e. The number of methoxy groups -OCH3 is 1. The number of carbonyl (C=O) groups is 1. The van der Waals surface area contributed by atoms with Crippen LogP contribution in [0.1, 0.15) is 10.4 Å². The predicted octanol–water partition coefficient (Wildman–Crippen LogP) is 4.50. The Morgan fingerprint density at radius 3 is 2.58 bits per heavy atom. The number of ether oxygens (including phenoxy) is 1. The Hall–Kier alpha value is -1.29. The number of hydrogen-bond donors (Lipinski definition) is 0. The first-order chi connectivity index (χ1) is 9.04. The Kier molecular flexibility index (Phi) is 4.30. The minimum absolute atomic E-state index is 0.249. The van der Waals surface area contributed by atoms with Gasteiger partial charge in [0.15, 0.2) is 0 Å². The van der Waals surface area contributed by atoms with Crippen molar-refractivity contribution in [2.75, 3.05) is 7.11 Å². The van der Waals surface area contributed by atoms with Crippen molar-refractivity contribution in [2.45, 2.75) is 0 Å². The molecule has 1 aromatic heterocycles. The standard InChI is InChI=1S/C13H8Cl3NO2/c1-19-13(18)8-5-6-10(15)17-12(8)7-3-2-4-9(14)11(7)16/h2-6H,1H3. The molecule has 0 saturated heterocycles. The number of halogens is 3. The van der Waals surface area contributed by atoms with Crippen LogP contribution in [0.15, 0.2) is 30.3 Å². The van der Waals surface area contributed by atoms with E-state index in [-0.39, 0.29) is 10.7 Å². The number of esters is 1. The molecule has 0 aliphatic rings. The highest BCUT2D eigenvalue weighted by Crippen LogP contribution is 2.34. The van der Waals surface area contributed by atoms with Crippen molar-refractivity contribution in [1.82, 2.24) is 4.98 Å². The number of carbonyl (C=O) groups excluding carboxylic acids is 1. The number of nitrogens with zero attached hydrogens (tertiary/aromatic N) is 1. The summed E-state index contributed by atoms with van der Waals surface area (Å²) in [4.78, 5) is 15.9. The molecule has 0 radical (unpaired) electrons. The normalized spacial score (nSPS) is 10.3. The summed E-state index contributed by atoms with van der Waals surface area (Å²) in [7, 11) is 1.29. The summed E-state index contributed by atoms with van der Waals surface area (Å²) in [5.74, 6) is -0.518. The number of pyridine rings is 1. The van der Waals surface area contributed by atoms with Crippen LogP contribution >= 0.6 is 34.8 Å². The maximum Gasteiger partial charge on any atom is 0.340 e. The van der Waals surface area contributed by atoms with Gasteiger partial charge < -0.3 is 4.74 Å². The molecule has 0 unspecified atom stereocenters. The number of hydrogen-bond acceptors (Lipinski definition) is 3. The SMILES string of the molecule is COC(=O)c1ccc(Cl)nc1-c1cccc(Cl)c1Cl. The van der Waals surface area contributed by atoms with Crippen LogP contribution < -0.4 is 0 Å². The Morgan fingerprint density at radius 2 is 1.89 bits per heavy atom. The molecule has 0 aliphatic carbocycles. The summed E-state index contributed by atoms with van der Waals surface area (Å²) >= 11 is 18.0. The molecule has 1 heterocycles. The van der Waals surface area contributed by atoms with Gasteiger partial charge in [-0.1, -0.05) is 46.9 Å². The highest BCUT2D eigenvalue weighted by atomic mass is 35.5. The fourth-order valence-corrected chi connectivity index (χ4v) is 2.14. The summed E-state index contributed by atoms with van der Waals surface area (Å²) < 4.78 is 4.71. The maximum atomic E-state index is 11.7. The molecule has 0 spiro atoms. The molecule has 6 heteroatoms. The van der Waals surface area contributed by atoms with Crippen LogP contribution in [0, 0.1) is 0 Å². The minimum atomic E-state index is -0.518. The van der Waals surface area contributed by atoms with E-state index in [1.54, 1.807) is 18.2 Å². The first-order valence-electron chi connectivity index (χ1n) is 5.24. The lowest BCUT2D eigenvalue weighted by molar-refractivity contribution is 0.0601. The van der Waals surface area contributed by atoms with Gasteiger partial charge in [-0.2, -0.15) is 0 Å². The molecule has 2 aromatic rings. The topological polar surface area (TPSA) is 39.2 Å². The zero-order valence-electron chi connectivity index (χ0n) is 9.78. The largest absolute Gasteiger partial charge is 0.465 e. The zero-order chi connectivity index (χ0) is 14.0. The molecular weight excluding hydrogens is 309 g/mol. The Bertz CT molecular complexity index is 644. The Morgan fingerprint density at radius 1 is 1.16 bits per heavy atom. The first-order valence-corrected chi connectivity index (χ1v) is 6.37. The molecule has 0 aliphatic heterocycles. The van der Waals surface area contributed by atoms with Gasteiger partial charge in [-0.05, 0) is 18.2 Å². The van der Waals surface area contributed by atoms with Gasteiger partial charge >= 0.3 is 5.97 Å². The van der Waals surface area contributed by atoms with Gasteiger partial charge in [0.1, 0.15) is 5.15 Å². The van der Waals surface area contributed by atoms with Gasteiger partial charge in [0.2, 0.25) is 0 Å². The van der Waals surface area contributed by atoms with Crippen LogP contribution in [0.5, 0.6) is 0 Å². The van der Waals surface area contributed by atoms with E-state index in [0.29, 0.717) is 21.3 Å². The van der Waals surface area contributed by atoms with Crippen molar-refractivity contribution >= 4 is 40.8 Å². The summed E-state index contributed by atoms with van der Waals surface area (Å²) in [6.07, 6.45) is 0. The number of benzene rings is 1. The quantitative estimate of drug-likeness (QED) is 0.605. The lowest BCUT2D eigenvalue weighted by Gasteiger charge is -2.10. The third kappa shape index (κ3) is 2.84. The fraction of sp³-hybridized carbons (Fsp3) is 0.0769. The van der Waals surface area contributed by atoms with Crippen LogP contribution in [-0.4, -0.2) is 18.1 Å². The second kappa shape index (κ2) is 5.78. The first kappa shape index (κ1) is 14.1. The highest BCUT2D eigenvalue weighted by molar-refractivity contribution is 6.43. The van der Waals surface area contributed by atoms with Crippen LogP contribution in [0.25, 0.3) is 11.3 Å². The van der Waals surface area contributed by atoms with E-state index in [1.807, 2.05) is 0 Å². The van der Waals surface area contributed by atoms with Gasteiger partial charge in [-0.3, -0.25) is 0 Å². The van der Waals surface area contributed by atoms with E-state index in [9.17, 15) is 4.79 Å². The summed E-state index contributed by atoms with van der Waals surface area (Å²) in [6.45, 7) is 0. The van der Waals surface area contributed by atoms with Crippen molar-refractivity contribution in [3.63, 3.8) is 0 Å². The van der Waals surface area contributed by atoms with Gasteiger partial charge in [-0.25, -0.2) is 9.78 Å². The van der Waals surface area contributed by atoms with Gasteiger partial charge in [-0.15, -0.1) is 0 Å². The second-order valence-corrected chi connectivity index (χ2v) is 4.80. The number of aromatic nitrogens is 1. The summed E-state index contributed by atoms with van der Waals surface area (Å²) in [5.41, 5.74) is 1.14. The van der Waals surface area contributed by atoms with Crippen molar-refractivity contribution in [1.29, 1.82) is 0 Å². The molecule has 98 valence electrons. The molecule has 3 nitrogen and oxygen atoms in total. The van der Waals surface area contributed by atoms with E-state index in [1.165, 1.54) is 19.2 Å². The molecule has 0 amide bonds. The molecular formula is C13H8Cl3NO2. The Labute approximate surface area is 125 Å². The molecule has 0 saturated carbocycles. The van der Waals surface area contributed by atoms with E-state index in [4.69, 9.17) is 39.5 Å². The number of rotatable bonds is 2. The molecule has 0 N–H and O–H groups in total. The third-order valence-corrected chi connectivity index (χ3v) is 3.50. The summed E-state index contributed by atoms with van der Waals surface area (Å²) in [6, 6.07) is 8.12. The molecule has 1 aromatic carbocycles. The Balaban J connectivity index is 2.70. The molecule has 0 atom stereocenters. The van der Waals surface area contributed by atoms with Gasteiger partial charge in [0.05, 0.1) is 28.4 Å². The predicted molar refractivity (Wildman–Crippen MR) is 76.0 cm³/mol. The lowest BCUT2D eigenvalue weighted by Crippen LogP contribution is -2.05. The van der Waals surface area contributed by atoms with E-state index in [2.05, 4.69) is 4.98 Å². The molecule has 2 rings (SSSR count). The van der Waals surface area contributed by atoms with Crippen LogP contribution in [0.2, 0.25) is 15.2 Å². The summed E-state index contributed by atoms with van der Waals surface area (Å²) in [5, 5.41) is 0.930. The fourth-order valence-electron chi connectivity index (χ4n) is 1.60. The van der Waals surface area contributed by atoms with Gasteiger partial charge in [0, 0.05) is 5.56 Å². The van der Waals surface area contributed by atoms with Crippen LogP contribution in [0.3, 0.4) is 0 Å². The smallest absolute Gasteiger partial charge is 0.340 e. The lowest BCUT2D eigenvalue weighted by atomic mass is 10.1. The van der Waals surface area contributed by atoms with E-state index in [0.717, 1.165) is 0 Å². The molecule has 0 fully saturated rings.